The quantitative estimate of drug-likeness (QED) is 0.864. The Morgan fingerprint density at radius 2 is 2.12 bits per heavy atom. The summed E-state index contributed by atoms with van der Waals surface area (Å²) in [5.41, 5.74) is 0. The van der Waals surface area contributed by atoms with Crippen LogP contribution >= 0.6 is 0 Å². The number of rotatable bonds is 4. The van der Waals surface area contributed by atoms with E-state index in [1.165, 1.54) is 12.3 Å². The Kier molecular flexibility index (Phi) is 3.92. The Morgan fingerprint density at radius 3 is 2.62 bits per heavy atom. The van der Waals surface area contributed by atoms with Gasteiger partial charge in [-0.3, -0.25) is 0 Å². The molecule has 0 amide bonds. The SMILES string of the molecule is CCN(CC(F)(F)F)c1ccnc(NC)n1. The third-order valence-corrected chi connectivity index (χ3v) is 1.94. The average molecular weight is 234 g/mol. The number of halogens is 3. The second-order valence-electron chi connectivity index (χ2n) is 3.12. The summed E-state index contributed by atoms with van der Waals surface area (Å²) in [6.07, 6.45) is -2.81. The summed E-state index contributed by atoms with van der Waals surface area (Å²) in [6.45, 7) is 0.871. The van der Waals surface area contributed by atoms with Gasteiger partial charge in [-0.2, -0.15) is 18.2 Å². The summed E-state index contributed by atoms with van der Waals surface area (Å²) in [6, 6.07) is 1.45. The highest BCUT2D eigenvalue weighted by Gasteiger charge is 2.30. The van der Waals surface area contributed by atoms with Crippen LogP contribution in [0.5, 0.6) is 0 Å². The third-order valence-electron chi connectivity index (χ3n) is 1.94. The molecule has 0 atom stereocenters. The van der Waals surface area contributed by atoms with Gasteiger partial charge in [0.1, 0.15) is 12.4 Å². The smallest absolute Gasteiger partial charge is 0.357 e. The molecule has 1 aromatic rings. The van der Waals surface area contributed by atoms with Crippen molar-refractivity contribution >= 4 is 11.8 Å². The molecular weight excluding hydrogens is 221 g/mol. The lowest BCUT2D eigenvalue weighted by molar-refractivity contribution is -0.119. The first-order valence-corrected chi connectivity index (χ1v) is 4.78. The van der Waals surface area contributed by atoms with E-state index in [9.17, 15) is 13.2 Å². The van der Waals surface area contributed by atoms with E-state index in [0.29, 0.717) is 5.95 Å². The molecule has 90 valence electrons. The van der Waals surface area contributed by atoms with Crippen molar-refractivity contribution in [3.05, 3.63) is 12.3 Å². The lowest BCUT2D eigenvalue weighted by atomic mass is 10.4. The Hall–Kier alpha value is -1.53. The van der Waals surface area contributed by atoms with Crippen LogP contribution in [0.2, 0.25) is 0 Å². The van der Waals surface area contributed by atoms with E-state index in [2.05, 4.69) is 15.3 Å². The fourth-order valence-electron chi connectivity index (χ4n) is 1.22. The lowest BCUT2D eigenvalue weighted by Crippen LogP contribution is -2.34. The molecule has 0 aliphatic rings. The molecule has 0 radical (unpaired) electrons. The van der Waals surface area contributed by atoms with E-state index in [-0.39, 0.29) is 12.4 Å². The summed E-state index contributed by atoms with van der Waals surface area (Å²) in [5.74, 6) is 0.567. The summed E-state index contributed by atoms with van der Waals surface area (Å²) in [4.78, 5) is 8.93. The molecule has 16 heavy (non-hydrogen) atoms. The zero-order chi connectivity index (χ0) is 12.2. The molecule has 0 bridgehead atoms. The summed E-state index contributed by atoms with van der Waals surface area (Å²) < 4.78 is 36.8. The molecule has 0 aromatic carbocycles. The Balaban J connectivity index is 2.86. The maximum Gasteiger partial charge on any atom is 0.405 e. The number of alkyl halides is 3. The highest BCUT2D eigenvalue weighted by Crippen LogP contribution is 2.20. The fourth-order valence-corrected chi connectivity index (χ4v) is 1.22. The Labute approximate surface area is 91.5 Å². The van der Waals surface area contributed by atoms with Gasteiger partial charge in [0.05, 0.1) is 0 Å². The molecule has 0 spiro atoms. The second kappa shape index (κ2) is 5.00. The fraction of sp³-hybridized carbons (Fsp3) is 0.556. The zero-order valence-electron chi connectivity index (χ0n) is 9.04. The molecule has 7 heteroatoms. The van der Waals surface area contributed by atoms with E-state index in [1.807, 2.05) is 0 Å². The minimum atomic E-state index is -4.24. The average Bonchev–Trinajstić information content (AvgIpc) is 2.25. The van der Waals surface area contributed by atoms with Gasteiger partial charge in [0.2, 0.25) is 5.95 Å². The van der Waals surface area contributed by atoms with Crippen molar-refractivity contribution in [1.82, 2.24) is 9.97 Å². The van der Waals surface area contributed by atoms with Crippen molar-refractivity contribution in [3.8, 4) is 0 Å². The normalized spacial score (nSPS) is 11.3. The van der Waals surface area contributed by atoms with Crippen LogP contribution in [0.15, 0.2) is 12.3 Å². The van der Waals surface area contributed by atoms with Crippen LogP contribution in [0.1, 0.15) is 6.92 Å². The predicted molar refractivity (Wildman–Crippen MR) is 55.5 cm³/mol. The van der Waals surface area contributed by atoms with Crippen LogP contribution in [-0.4, -0.2) is 36.3 Å². The standard InChI is InChI=1S/C9H13F3N4/c1-3-16(6-9(10,11)12)7-4-5-14-8(13-2)15-7/h4-5H,3,6H2,1-2H3,(H,13,14,15). The summed E-state index contributed by atoms with van der Waals surface area (Å²) in [5, 5.41) is 2.68. The van der Waals surface area contributed by atoms with Crippen molar-refractivity contribution in [1.29, 1.82) is 0 Å². The van der Waals surface area contributed by atoms with Crippen LogP contribution in [0.3, 0.4) is 0 Å². The molecule has 0 unspecified atom stereocenters. The second-order valence-corrected chi connectivity index (χ2v) is 3.12. The van der Waals surface area contributed by atoms with E-state index in [1.54, 1.807) is 14.0 Å². The van der Waals surface area contributed by atoms with Gasteiger partial charge >= 0.3 is 6.18 Å². The number of anilines is 2. The molecule has 0 fully saturated rings. The van der Waals surface area contributed by atoms with E-state index in [4.69, 9.17) is 0 Å². The molecule has 1 aromatic heterocycles. The molecule has 1 N–H and O–H groups in total. The third kappa shape index (κ3) is 3.56. The minimum absolute atomic E-state index is 0.236. The van der Waals surface area contributed by atoms with Crippen molar-refractivity contribution < 1.29 is 13.2 Å². The molecule has 0 aliphatic carbocycles. The van der Waals surface area contributed by atoms with Gasteiger partial charge in [-0.25, -0.2) is 4.98 Å². The number of hydrogen-bond acceptors (Lipinski definition) is 4. The van der Waals surface area contributed by atoms with Gasteiger partial charge in [-0.15, -0.1) is 0 Å². The number of nitrogens with zero attached hydrogens (tertiary/aromatic N) is 3. The van der Waals surface area contributed by atoms with E-state index in [0.717, 1.165) is 4.90 Å². The highest BCUT2D eigenvalue weighted by atomic mass is 19.4. The largest absolute Gasteiger partial charge is 0.405 e. The maximum absolute atomic E-state index is 12.3. The van der Waals surface area contributed by atoms with Crippen molar-refractivity contribution in [2.45, 2.75) is 13.1 Å². The molecular formula is C9H13F3N4. The molecule has 0 saturated carbocycles. The molecule has 0 saturated heterocycles. The van der Waals surface area contributed by atoms with E-state index >= 15 is 0 Å². The van der Waals surface area contributed by atoms with Gasteiger partial charge in [-0.05, 0) is 13.0 Å². The highest BCUT2D eigenvalue weighted by molar-refractivity contribution is 5.42. The van der Waals surface area contributed by atoms with Crippen molar-refractivity contribution in [2.24, 2.45) is 0 Å². The van der Waals surface area contributed by atoms with Gasteiger partial charge in [0.25, 0.3) is 0 Å². The number of hydrogen-bond donors (Lipinski definition) is 1. The first-order valence-electron chi connectivity index (χ1n) is 4.78. The molecule has 0 aliphatic heterocycles. The van der Waals surface area contributed by atoms with Gasteiger partial charge in [0.15, 0.2) is 0 Å². The van der Waals surface area contributed by atoms with Crippen LogP contribution < -0.4 is 10.2 Å². The van der Waals surface area contributed by atoms with Gasteiger partial charge in [-0.1, -0.05) is 0 Å². The zero-order valence-corrected chi connectivity index (χ0v) is 9.04. The topological polar surface area (TPSA) is 41.1 Å². The lowest BCUT2D eigenvalue weighted by Gasteiger charge is -2.23. The molecule has 1 heterocycles. The first kappa shape index (κ1) is 12.5. The molecule has 4 nitrogen and oxygen atoms in total. The predicted octanol–water partition coefficient (Wildman–Crippen LogP) is 1.91. The van der Waals surface area contributed by atoms with Gasteiger partial charge in [0, 0.05) is 19.8 Å². The monoisotopic (exact) mass is 234 g/mol. The van der Waals surface area contributed by atoms with E-state index < -0.39 is 12.7 Å². The summed E-state index contributed by atoms with van der Waals surface area (Å²) >= 11 is 0. The Bertz CT molecular complexity index is 340. The Morgan fingerprint density at radius 1 is 1.44 bits per heavy atom. The van der Waals surface area contributed by atoms with Crippen molar-refractivity contribution in [3.63, 3.8) is 0 Å². The molecule has 1 rings (SSSR count). The van der Waals surface area contributed by atoms with Gasteiger partial charge < -0.3 is 10.2 Å². The first-order chi connectivity index (χ1) is 7.46. The maximum atomic E-state index is 12.3. The number of aromatic nitrogens is 2. The van der Waals surface area contributed by atoms with Crippen LogP contribution in [-0.2, 0) is 0 Å². The van der Waals surface area contributed by atoms with Crippen LogP contribution in [0.4, 0.5) is 24.9 Å². The van der Waals surface area contributed by atoms with Crippen molar-refractivity contribution in [2.75, 3.05) is 30.4 Å². The summed E-state index contributed by atoms with van der Waals surface area (Å²) in [7, 11) is 1.61. The minimum Gasteiger partial charge on any atom is -0.357 e. The van der Waals surface area contributed by atoms with Crippen LogP contribution in [0, 0.1) is 0 Å². The van der Waals surface area contributed by atoms with Crippen LogP contribution in [0.25, 0.3) is 0 Å². The number of nitrogens with one attached hydrogen (secondary N) is 1.